The van der Waals surface area contributed by atoms with E-state index < -0.39 is 9.84 Å². The highest BCUT2D eigenvalue weighted by molar-refractivity contribution is 7.89. The van der Waals surface area contributed by atoms with Crippen molar-refractivity contribution in [1.82, 2.24) is 15.3 Å². The van der Waals surface area contributed by atoms with Crippen LogP contribution in [0.5, 0.6) is 0 Å². The van der Waals surface area contributed by atoms with Crippen molar-refractivity contribution in [3.8, 4) is 0 Å². The molecule has 0 radical (unpaired) electrons. The van der Waals surface area contributed by atoms with E-state index in [0.29, 0.717) is 12.4 Å². The van der Waals surface area contributed by atoms with E-state index in [1.165, 1.54) is 6.26 Å². The maximum atomic E-state index is 11.1. The van der Waals surface area contributed by atoms with E-state index in [1.807, 2.05) is 0 Å². The average molecular weight is 243 g/mol. The highest BCUT2D eigenvalue weighted by Gasteiger charge is 2.07. The van der Waals surface area contributed by atoms with E-state index in [9.17, 15) is 8.42 Å². The number of sulfone groups is 1. The fourth-order valence-electron chi connectivity index (χ4n) is 1.24. The molecule has 0 aliphatic rings. The molecule has 0 spiro atoms. The third-order valence-corrected chi connectivity index (χ3v) is 2.67. The summed E-state index contributed by atoms with van der Waals surface area (Å²) in [6.07, 6.45) is 3.83. The molecule has 0 fully saturated rings. The van der Waals surface area contributed by atoms with Gasteiger partial charge >= 0.3 is 0 Å². The van der Waals surface area contributed by atoms with Crippen LogP contribution < -0.4 is 5.32 Å². The third kappa shape index (κ3) is 5.18. The maximum absolute atomic E-state index is 11.1. The van der Waals surface area contributed by atoms with Crippen LogP contribution in [0, 0.1) is 0 Å². The van der Waals surface area contributed by atoms with Gasteiger partial charge in [0.25, 0.3) is 0 Å². The van der Waals surface area contributed by atoms with Gasteiger partial charge in [0.05, 0.1) is 5.69 Å². The molecule has 1 N–H and O–H groups in total. The summed E-state index contributed by atoms with van der Waals surface area (Å²) in [5.41, 5.74) is 0.821. The van der Waals surface area contributed by atoms with Crippen LogP contribution in [0.2, 0.25) is 0 Å². The van der Waals surface area contributed by atoms with Crippen LogP contribution in [0.1, 0.15) is 24.9 Å². The van der Waals surface area contributed by atoms with Gasteiger partial charge < -0.3 is 5.32 Å². The summed E-state index contributed by atoms with van der Waals surface area (Å²) in [6, 6.07) is 1.79. The minimum Gasteiger partial charge on any atom is -0.311 e. The first-order valence-electron chi connectivity index (χ1n) is 5.20. The van der Waals surface area contributed by atoms with Gasteiger partial charge in [-0.3, -0.25) is 0 Å². The molecule has 16 heavy (non-hydrogen) atoms. The number of hydrogen-bond donors (Lipinski definition) is 1. The lowest BCUT2D eigenvalue weighted by Crippen LogP contribution is -2.16. The van der Waals surface area contributed by atoms with Gasteiger partial charge in [0.15, 0.2) is 9.84 Å². The van der Waals surface area contributed by atoms with Crippen LogP contribution in [0.3, 0.4) is 0 Å². The summed E-state index contributed by atoms with van der Waals surface area (Å²) in [6.45, 7) is 3.65. The number of hydrogen-bond acceptors (Lipinski definition) is 5. The average Bonchev–Trinajstić information content (AvgIpc) is 2.16. The summed E-state index contributed by atoms with van der Waals surface area (Å²) < 4.78 is 22.2. The zero-order valence-electron chi connectivity index (χ0n) is 9.60. The number of aromatic nitrogens is 2. The minimum atomic E-state index is -3.06. The summed E-state index contributed by atoms with van der Waals surface area (Å²) >= 11 is 0. The highest BCUT2D eigenvalue weighted by atomic mass is 32.2. The van der Waals surface area contributed by atoms with Crippen LogP contribution in [0.15, 0.2) is 12.3 Å². The van der Waals surface area contributed by atoms with E-state index >= 15 is 0 Å². The Morgan fingerprint density at radius 3 is 2.81 bits per heavy atom. The van der Waals surface area contributed by atoms with E-state index in [4.69, 9.17) is 0 Å². The van der Waals surface area contributed by atoms with Gasteiger partial charge in [0.1, 0.15) is 11.6 Å². The number of nitrogens with zero attached hydrogens (tertiary/aromatic N) is 2. The molecular weight excluding hydrogens is 226 g/mol. The molecule has 0 aromatic carbocycles. The van der Waals surface area contributed by atoms with Crippen molar-refractivity contribution in [3.05, 3.63) is 23.8 Å². The molecule has 0 saturated heterocycles. The molecule has 0 bridgehead atoms. The van der Waals surface area contributed by atoms with Crippen LogP contribution in [0.25, 0.3) is 0 Å². The summed E-state index contributed by atoms with van der Waals surface area (Å²) in [4.78, 5) is 8.11. The zero-order chi connectivity index (χ0) is 12.0. The first-order valence-corrected chi connectivity index (χ1v) is 7.26. The van der Waals surface area contributed by atoms with Gasteiger partial charge in [-0.05, 0) is 19.0 Å². The standard InChI is InChI=1S/C10H17N3O2S/c1-3-5-11-7-9-4-6-12-10(13-9)8-16(2,14)15/h4,6,11H,3,5,7-8H2,1-2H3. The van der Waals surface area contributed by atoms with E-state index in [-0.39, 0.29) is 5.75 Å². The van der Waals surface area contributed by atoms with Gasteiger partial charge in [0, 0.05) is 19.0 Å². The quantitative estimate of drug-likeness (QED) is 0.737. The van der Waals surface area contributed by atoms with Crippen LogP contribution in [0.4, 0.5) is 0 Å². The third-order valence-electron chi connectivity index (χ3n) is 1.89. The SMILES string of the molecule is CCCNCc1ccnc(CS(C)(=O)=O)n1. The molecule has 0 atom stereocenters. The van der Waals surface area contributed by atoms with E-state index in [1.54, 1.807) is 12.3 Å². The van der Waals surface area contributed by atoms with Crippen LogP contribution in [-0.2, 0) is 22.1 Å². The maximum Gasteiger partial charge on any atom is 0.154 e. The molecule has 1 aromatic rings. The molecule has 5 nitrogen and oxygen atoms in total. The fraction of sp³-hybridized carbons (Fsp3) is 0.600. The lowest BCUT2D eigenvalue weighted by atomic mass is 10.4. The minimum absolute atomic E-state index is 0.103. The van der Waals surface area contributed by atoms with Crippen molar-refractivity contribution in [1.29, 1.82) is 0 Å². The predicted octanol–water partition coefficient (Wildman–Crippen LogP) is 0.521. The Morgan fingerprint density at radius 2 is 2.19 bits per heavy atom. The smallest absolute Gasteiger partial charge is 0.154 e. The van der Waals surface area contributed by atoms with Gasteiger partial charge in [-0.2, -0.15) is 0 Å². The first-order chi connectivity index (χ1) is 7.51. The second kappa shape index (κ2) is 5.91. The number of nitrogens with one attached hydrogen (secondary N) is 1. The van der Waals surface area contributed by atoms with Gasteiger partial charge in [-0.15, -0.1) is 0 Å². The molecule has 1 rings (SSSR count). The van der Waals surface area contributed by atoms with Gasteiger partial charge in [-0.1, -0.05) is 6.92 Å². The second-order valence-corrected chi connectivity index (χ2v) is 5.85. The predicted molar refractivity (Wildman–Crippen MR) is 62.6 cm³/mol. The normalized spacial score (nSPS) is 11.6. The highest BCUT2D eigenvalue weighted by Crippen LogP contribution is 2.00. The molecule has 0 aliphatic carbocycles. The first kappa shape index (κ1) is 13.1. The molecular formula is C10H17N3O2S. The Labute approximate surface area is 96.2 Å². The molecule has 1 heterocycles. The van der Waals surface area contributed by atoms with Crippen molar-refractivity contribution in [2.24, 2.45) is 0 Å². The van der Waals surface area contributed by atoms with Crippen molar-refractivity contribution in [2.45, 2.75) is 25.6 Å². The Balaban J connectivity index is 2.64. The Hall–Kier alpha value is -1.01. The molecule has 0 aliphatic heterocycles. The monoisotopic (exact) mass is 243 g/mol. The van der Waals surface area contributed by atoms with E-state index in [0.717, 1.165) is 18.7 Å². The van der Waals surface area contributed by atoms with Crippen molar-refractivity contribution in [2.75, 3.05) is 12.8 Å². The zero-order valence-corrected chi connectivity index (χ0v) is 10.4. The Kier molecular flexibility index (Phi) is 4.82. The Morgan fingerprint density at radius 1 is 1.44 bits per heavy atom. The van der Waals surface area contributed by atoms with E-state index in [2.05, 4.69) is 22.2 Å². The van der Waals surface area contributed by atoms with Crippen molar-refractivity contribution >= 4 is 9.84 Å². The molecule has 0 saturated carbocycles. The summed E-state index contributed by atoms with van der Waals surface area (Å²) in [5.74, 6) is 0.257. The molecule has 6 heteroatoms. The van der Waals surface area contributed by atoms with Gasteiger partial charge in [-0.25, -0.2) is 18.4 Å². The summed E-state index contributed by atoms with van der Waals surface area (Å²) in [5, 5.41) is 3.20. The van der Waals surface area contributed by atoms with Crippen LogP contribution >= 0.6 is 0 Å². The molecule has 0 unspecified atom stereocenters. The largest absolute Gasteiger partial charge is 0.311 e. The molecule has 0 amide bonds. The van der Waals surface area contributed by atoms with Gasteiger partial charge in [0.2, 0.25) is 0 Å². The Bertz CT molecular complexity index is 431. The lowest BCUT2D eigenvalue weighted by Gasteiger charge is -2.04. The fourth-order valence-corrected chi connectivity index (χ4v) is 1.85. The number of rotatable bonds is 6. The molecule has 1 aromatic heterocycles. The van der Waals surface area contributed by atoms with Crippen molar-refractivity contribution in [3.63, 3.8) is 0 Å². The lowest BCUT2D eigenvalue weighted by molar-refractivity contribution is 0.599. The van der Waals surface area contributed by atoms with Crippen LogP contribution in [-0.4, -0.2) is 31.2 Å². The second-order valence-electron chi connectivity index (χ2n) is 3.71. The van der Waals surface area contributed by atoms with Crippen molar-refractivity contribution < 1.29 is 8.42 Å². The topological polar surface area (TPSA) is 72.0 Å². The molecule has 90 valence electrons. The summed E-state index contributed by atoms with van der Waals surface area (Å²) in [7, 11) is -3.06.